The molecule has 20 heavy (non-hydrogen) atoms. The average Bonchev–Trinajstić information content (AvgIpc) is 2.42. The second-order valence-corrected chi connectivity index (χ2v) is 5.84. The van der Waals surface area contributed by atoms with E-state index < -0.39 is 0 Å². The molecule has 0 bridgehead atoms. The van der Waals surface area contributed by atoms with Crippen molar-refractivity contribution >= 4 is 0 Å². The molecular formula is C17H27FN2. The van der Waals surface area contributed by atoms with Crippen molar-refractivity contribution in [1.29, 1.82) is 0 Å². The molecule has 0 aliphatic heterocycles. The highest BCUT2D eigenvalue weighted by molar-refractivity contribution is 5.21. The Bertz CT molecular complexity index is 404. The first-order valence-electron chi connectivity index (χ1n) is 7.88. The molecule has 1 aromatic rings. The molecule has 3 heteroatoms. The van der Waals surface area contributed by atoms with Crippen LogP contribution in [0, 0.1) is 11.7 Å². The molecule has 0 aromatic heterocycles. The van der Waals surface area contributed by atoms with Crippen molar-refractivity contribution in [3.63, 3.8) is 0 Å². The van der Waals surface area contributed by atoms with Gasteiger partial charge < -0.3 is 10.2 Å². The minimum absolute atomic E-state index is 0.103. The minimum atomic E-state index is -0.103. The highest BCUT2D eigenvalue weighted by Crippen LogP contribution is 2.27. The number of rotatable bonds is 8. The summed E-state index contributed by atoms with van der Waals surface area (Å²) in [6.07, 6.45) is 5.13. The van der Waals surface area contributed by atoms with Gasteiger partial charge in [0.25, 0.3) is 0 Å². The normalized spacial score (nSPS) is 17.2. The Labute approximate surface area is 122 Å². The molecule has 1 unspecified atom stereocenters. The maximum atomic E-state index is 13.9. The van der Waals surface area contributed by atoms with E-state index in [0.29, 0.717) is 0 Å². The molecule has 0 spiro atoms. The van der Waals surface area contributed by atoms with Gasteiger partial charge >= 0.3 is 0 Å². The van der Waals surface area contributed by atoms with Gasteiger partial charge in [-0.25, -0.2) is 4.39 Å². The van der Waals surface area contributed by atoms with Gasteiger partial charge in [0.05, 0.1) is 0 Å². The lowest BCUT2D eigenvalue weighted by atomic mass is 9.85. The molecular weight excluding hydrogens is 251 g/mol. The summed E-state index contributed by atoms with van der Waals surface area (Å²) in [6, 6.07) is 7.20. The Hall–Kier alpha value is -0.930. The Morgan fingerprint density at radius 1 is 1.35 bits per heavy atom. The molecule has 2 nitrogen and oxygen atoms in total. The van der Waals surface area contributed by atoms with Crippen molar-refractivity contribution in [2.24, 2.45) is 5.92 Å². The van der Waals surface area contributed by atoms with E-state index in [1.807, 2.05) is 19.2 Å². The van der Waals surface area contributed by atoms with Gasteiger partial charge in [-0.1, -0.05) is 31.5 Å². The highest BCUT2D eigenvalue weighted by Gasteiger charge is 2.21. The minimum Gasteiger partial charge on any atom is -0.313 e. The predicted octanol–water partition coefficient (Wildman–Crippen LogP) is 3.60. The fourth-order valence-corrected chi connectivity index (χ4v) is 2.94. The van der Waals surface area contributed by atoms with Crippen molar-refractivity contribution in [3.8, 4) is 0 Å². The van der Waals surface area contributed by atoms with E-state index in [9.17, 15) is 4.39 Å². The number of hydrogen-bond acceptors (Lipinski definition) is 2. The molecule has 112 valence electrons. The smallest absolute Gasteiger partial charge is 0.127 e. The van der Waals surface area contributed by atoms with E-state index in [-0.39, 0.29) is 11.9 Å². The lowest BCUT2D eigenvalue weighted by Crippen LogP contribution is -2.34. The molecule has 1 saturated carbocycles. The molecule has 0 heterocycles. The molecule has 1 aromatic carbocycles. The maximum Gasteiger partial charge on any atom is 0.127 e. The van der Waals surface area contributed by atoms with E-state index in [0.717, 1.165) is 31.0 Å². The fourth-order valence-electron chi connectivity index (χ4n) is 2.94. The van der Waals surface area contributed by atoms with E-state index in [1.54, 1.807) is 12.1 Å². The summed E-state index contributed by atoms with van der Waals surface area (Å²) in [4.78, 5) is 2.51. The molecule has 1 fully saturated rings. The van der Waals surface area contributed by atoms with Crippen LogP contribution in [0.4, 0.5) is 4.39 Å². The van der Waals surface area contributed by atoms with Crippen LogP contribution in [0.15, 0.2) is 24.3 Å². The summed E-state index contributed by atoms with van der Waals surface area (Å²) in [5.41, 5.74) is 0.787. The maximum absolute atomic E-state index is 13.9. The Balaban J connectivity index is 1.87. The van der Waals surface area contributed by atoms with E-state index in [2.05, 4.69) is 17.1 Å². The average molecular weight is 278 g/mol. The van der Waals surface area contributed by atoms with Gasteiger partial charge in [-0.3, -0.25) is 0 Å². The number of benzene rings is 1. The molecule has 1 atom stereocenters. The molecule has 2 rings (SSSR count). The van der Waals surface area contributed by atoms with Crippen molar-refractivity contribution in [2.45, 2.75) is 38.6 Å². The zero-order valence-electron chi connectivity index (χ0n) is 12.7. The first-order valence-corrected chi connectivity index (χ1v) is 7.88. The van der Waals surface area contributed by atoms with Gasteiger partial charge in [-0.2, -0.15) is 0 Å². The standard InChI is InChI=1S/C17H27FN2/c1-3-20(13-14-7-6-8-14)12-11-17(19-2)15-9-4-5-10-16(15)18/h4-5,9-10,14,17,19H,3,6-8,11-13H2,1-2H3. The second kappa shape index (κ2) is 7.75. The van der Waals surface area contributed by atoms with E-state index in [4.69, 9.17) is 0 Å². The summed E-state index contributed by atoms with van der Waals surface area (Å²) < 4.78 is 13.9. The first kappa shape index (κ1) is 15.5. The Morgan fingerprint density at radius 3 is 2.65 bits per heavy atom. The third-order valence-electron chi connectivity index (χ3n) is 4.55. The third kappa shape index (κ3) is 4.03. The second-order valence-electron chi connectivity index (χ2n) is 5.84. The zero-order chi connectivity index (χ0) is 14.4. The number of halogens is 1. The van der Waals surface area contributed by atoms with Crippen LogP contribution in [0.25, 0.3) is 0 Å². The monoisotopic (exact) mass is 278 g/mol. The van der Waals surface area contributed by atoms with Crippen LogP contribution >= 0.6 is 0 Å². The molecule has 1 aliphatic carbocycles. The van der Waals surface area contributed by atoms with Crippen molar-refractivity contribution < 1.29 is 4.39 Å². The van der Waals surface area contributed by atoms with E-state index in [1.165, 1.54) is 25.8 Å². The van der Waals surface area contributed by atoms with Crippen LogP contribution in [0.2, 0.25) is 0 Å². The van der Waals surface area contributed by atoms with Crippen molar-refractivity contribution in [3.05, 3.63) is 35.6 Å². The third-order valence-corrected chi connectivity index (χ3v) is 4.55. The SMILES string of the molecule is CCN(CCC(NC)c1ccccc1F)CC1CCC1. The van der Waals surface area contributed by atoms with Crippen LogP contribution in [-0.4, -0.2) is 31.6 Å². The number of nitrogens with zero attached hydrogens (tertiary/aromatic N) is 1. The number of nitrogens with one attached hydrogen (secondary N) is 1. The van der Waals surface area contributed by atoms with Gasteiger partial charge in [-0.15, -0.1) is 0 Å². The zero-order valence-corrected chi connectivity index (χ0v) is 12.7. The summed E-state index contributed by atoms with van der Waals surface area (Å²) in [7, 11) is 1.92. The van der Waals surface area contributed by atoms with Crippen LogP contribution in [-0.2, 0) is 0 Å². The van der Waals surface area contributed by atoms with Gasteiger partial charge in [0.2, 0.25) is 0 Å². The molecule has 1 N–H and O–H groups in total. The van der Waals surface area contributed by atoms with Gasteiger partial charge in [0, 0.05) is 18.2 Å². The Morgan fingerprint density at radius 2 is 2.10 bits per heavy atom. The van der Waals surface area contributed by atoms with Crippen LogP contribution in [0.3, 0.4) is 0 Å². The van der Waals surface area contributed by atoms with Crippen molar-refractivity contribution in [1.82, 2.24) is 10.2 Å². The summed E-state index contributed by atoms with van der Waals surface area (Å²) >= 11 is 0. The van der Waals surface area contributed by atoms with Gasteiger partial charge in [-0.05, 0) is 51.4 Å². The molecule has 1 aliphatic rings. The van der Waals surface area contributed by atoms with E-state index >= 15 is 0 Å². The summed E-state index contributed by atoms with van der Waals surface area (Å²) in [6.45, 7) is 5.55. The summed E-state index contributed by atoms with van der Waals surface area (Å²) in [5, 5.41) is 3.25. The lowest BCUT2D eigenvalue weighted by Gasteiger charge is -2.32. The van der Waals surface area contributed by atoms with Crippen LogP contribution < -0.4 is 5.32 Å². The van der Waals surface area contributed by atoms with Crippen molar-refractivity contribution in [2.75, 3.05) is 26.7 Å². The van der Waals surface area contributed by atoms with Gasteiger partial charge in [0.15, 0.2) is 0 Å². The largest absolute Gasteiger partial charge is 0.313 e. The molecule has 0 saturated heterocycles. The van der Waals surface area contributed by atoms with Crippen LogP contribution in [0.1, 0.15) is 44.2 Å². The van der Waals surface area contributed by atoms with Crippen LogP contribution in [0.5, 0.6) is 0 Å². The molecule has 0 amide bonds. The number of hydrogen-bond donors (Lipinski definition) is 1. The fraction of sp³-hybridized carbons (Fsp3) is 0.647. The highest BCUT2D eigenvalue weighted by atomic mass is 19.1. The quantitative estimate of drug-likeness (QED) is 0.781. The topological polar surface area (TPSA) is 15.3 Å². The molecule has 0 radical (unpaired) electrons. The lowest BCUT2D eigenvalue weighted by molar-refractivity contribution is 0.178. The predicted molar refractivity (Wildman–Crippen MR) is 82.3 cm³/mol. The summed E-state index contributed by atoms with van der Waals surface area (Å²) in [5.74, 6) is 0.797. The first-order chi connectivity index (χ1) is 9.74. The Kier molecular flexibility index (Phi) is 5.99. The van der Waals surface area contributed by atoms with Gasteiger partial charge in [0.1, 0.15) is 5.82 Å².